The van der Waals surface area contributed by atoms with Crippen molar-refractivity contribution in [3.05, 3.63) is 69.8 Å². The van der Waals surface area contributed by atoms with Gasteiger partial charge in [0.2, 0.25) is 5.82 Å². The quantitative estimate of drug-likeness (QED) is 0.595. The zero-order chi connectivity index (χ0) is 17.8. The number of hydrogen-bond acceptors (Lipinski definition) is 5. The second-order valence-corrected chi connectivity index (χ2v) is 6.36. The molecule has 7 heteroatoms. The summed E-state index contributed by atoms with van der Waals surface area (Å²) in [6.07, 6.45) is 0.150. The summed E-state index contributed by atoms with van der Waals surface area (Å²) in [6.45, 7) is 1.54. The van der Waals surface area contributed by atoms with E-state index < -0.39 is 5.97 Å². The van der Waals surface area contributed by atoms with Crippen molar-refractivity contribution in [3.63, 3.8) is 0 Å². The molecule has 2 aromatic carbocycles. The molecule has 0 aliphatic carbocycles. The molecule has 128 valence electrons. The van der Waals surface area contributed by atoms with Gasteiger partial charge in [0.15, 0.2) is 6.61 Å². The molecule has 0 aliphatic heterocycles. The first-order valence-electron chi connectivity index (χ1n) is 7.50. The molecule has 1 aromatic heterocycles. The third-order valence-corrected chi connectivity index (χ3v) is 4.05. The van der Waals surface area contributed by atoms with E-state index >= 15 is 0 Å². The Bertz CT molecular complexity index is 894. The van der Waals surface area contributed by atoms with Gasteiger partial charge < -0.3 is 9.26 Å². The third-order valence-electron chi connectivity index (χ3n) is 3.52. The summed E-state index contributed by atoms with van der Waals surface area (Å²) in [4.78, 5) is 16.0. The Kier molecular flexibility index (Phi) is 5.23. The lowest BCUT2D eigenvalue weighted by atomic mass is 10.1. The fourth-order valence-corrected chi connectivity index (χ4v) is 2.39. The number of halogens is 2. The van der Waals surface area contributed by atoms with Crippen LogP contribution in [0.4, 0.5) is 4.39 Å². The summed E-state index contributed by atoms with van der Waals surface area (Å²) in [5.74, 6) is -0.341. The fourth-order valence-electron chi connectivity index (χ4n) is 2.12. The van der Waals surface area contributed by atoms with Crippen LogP contribution in [0.15, 0.2) is 51.5 Å². The molecular formula is C18H14BrFN2O3. The van der Waals surface area contributed by atoms with E-state index in [-0.39, 0.29) is 30.6 Å². The lowest BCUT2D eigenvalue weighted by Crippen LogP contribution is -2.08. The standard InChI is InChI=1S/C18H14BrFN2O3/c1-11-2-5-13(9-15(11)20)18-21-16(25-22-18)10-24-17(23)8-12-3-6-14(19)7-4-12/h2-7,9H,8,10H2,1H3. The summed E-state index contributed by atoms with van der Waals surface area (Å²) < 4.78 is 24.7. The van der Waals surface area contributed by atoms with Gasteiger partial charge in [-0.1, -0.05) is 45.4 Å². The van der Waals surface area contributed by atoms with Crippen LogP contribution in [0.2, 0.25) is 0 Å². The summed E-state index contributed by atoms with van der Waals surface area (Å²) in [5, 5.41) is 3.78. The maximum Gasteiger partial charge on any atom is 0.310 e. The summed E-state index contributed by atoms with van der Waals surface area (Å²) in [6, 6.07) is 12.1. The van der Waals surface area contributed by atoms with Crippen molar-refractivity contribution in [3.8, 4) is 11.4 Å². The van der Waals surface area contributed by atoms with E-state index in [1.165, 1.54) is 6.07 Å². The number of aryl methyl sites for hydroxylation is 1. The zero-order valence-electron chi connectivity index (χ0n) is 13.3. The van der Waals surface area contributed by atoms with E-state index in [4.69, 9.17) is 9.26 Å². The molecule has 0 N–H and O–H groups in total. The molecule has 1 heterocycles. The molecule has 5 nitrogen and oxygen atoms in total. The third kappa shape index (κ3) is 4.51. The lowest BCUT2D eigenvalue weighted by Gasteiger charge is -2.02. The number of benzene rings is 2. The van der Waals surface area contributed by atoms with Crippen LogP contribution in [-0.2, 0) is 22.6 Å². The predicted octanol–water partition coefficient (Wildman–Crippen LogP) is 4.23. The van der Waals surface area contributed by atoms with Crippen molar-refractivity contribution in [2.45, 2.75) is 20.0 Å². The van der Waals surface area contributed by atoms with Crippen molar-refractivity contribution >= 4 is 21.9 Å². The van der Waals surface area contributed by atoms with Gasteiger partial charge in [-0.15, -0.1) is 0 Å². The van der Waals surface area contributed by atoms with Crippen LogP contribution in [-0.4, -0.2) is 16.1 Å². The smallest absolute Gasteiger partial charge is 0.310 e. The molecule has 0 fully saturated rings. The van der Waals surface area contributed by atoms with E-state index in [2.05, 4.69) is 26.1 Å². The van der Waals surface area contributed by atoms with Crippen molar-refractivity contribution < 1.29 is 18.4 Å². The van der Waals surface area contributed by atoms with Gasteiger partial charge in [-0.3, -0.25) is 4.79 Å². The minimum absolute atomic E-state index is 0.128. The van der Waals surface area contributed by atoms with Crippen LogP contribution in [0, 0.1) is 12.7 Å². The van der Waals surface area contributed by atoms with Gasteiger partial charge in [-0.25, -0.2) is 4.39 Å². The van der Waals surface area contributed by atoms with Crippen LogP contribution in [0.3, 0.4) is 0 Å². The maximum atomic E-state index is 13.6. The number of ether oxygens (including phenoxy) is 1. The zero-order valence-corrected chi connectivity index (χ0v) is 14.9. The highest BCUT2D eigenvalue weighted by molar-refractivity contribution is 9.10. The molecule has 3 rings (SSSR count). The number of esters is 1. The number of nitrogens with zero attached hydrogens (tertiary/aromatic N) is 2. The monoisotopic (exact) mass is 404 g/mol. The van der Waals surface area contributed by atoms with Crippen LogP contribution in [0.1, 0.15) is 17.0 Å². The Hall–Kier alpha value is -2.54. The van der Waals surface area contributed by atoms with Gasteiger partial charge in [0, 0.05) is 10.0 Å². The second-order valence-electron chi connectivity index (χ2n) is 5.44. The van der Waals surface area contributed by atoms with Crippen molar-refractivity contribution in [1.82, 2.24) is 10.1 Å². The van der Waals surface area contributed by atoms with Crippen LogP contribution in [0.25, 0.3) is 11.4 Å². The van der Waals surface area contributed by atoms with Crippen molar-refractivity contribution in [2.24, 2.45) is 0 Å². The number of carbonyl (C=O) groups excluding carboxylic acids is 1. The van der Waals surface area contributed by atoms with E-state index in [1.807, 2.05) is 24.3 Å². The summed E-state index contributed by atoms with van der Waals surface area (Å²) >= 11 is 3.34. The molecular weight excluding hydrogens is 391 g/mol. The van der Waals surface area contributed by atoms with Crippen molar-refractivity contribution in [2.75, 3.05) is 0 Å². The van der Waals surface area contributed by atoms with Gasteiger partial charge >= 0.3 is 5.97 Å². The molecule has 3 aromatic rings. The Morgan fingerprint density at radius 2 is 2.00 bits per heavy atom. The highest BCUT2D eigenvalue weighted by Gasteiger charge is 2.12. The molecule has 0 amide bonds. The average Bonchev–Trinajstić information content (AvgIpc) is 3.07. The van der Waals surface area contributed by atoms with E-state index in [0.29, 0.717) is 11.1 Å². The van der Waals surface area contributed by atoms with E-state index in [1.54, 1.807) is 19.1 Å². The molecule has 0 radical (unpaired) electrons. The SMILES string of the molecule is Cc1ccc(-c2noc(COC(=O)Cc3ccc(Br)cc3)n2)cc1F. The number of rotatable bonds is 5. The van der Waals surface area contributed by atoms with Gasteiger partial charge in [0.25, 0.3) is 5.89 Å². The first-order chi connectivity index (χ1) is 12.0. The van der Waals surface area contributed by atoms with Crippen molar-refractivity contribution in [1.29, 1.82) is 0 Å². The first-order valence-corrected chi connectivity index (χ1v) is 8.30. The molecule has 0 unspecified atom stereocenters. The van der Waals surface area contributed by atoms with Gasteiger partial charge in [-0.2, -0.15) is 4.98 Å². The van der Waals surface area contributed by atoms with Crippen LogP contribution in [0.5, 0.6) is 0 Å². The minimum Gasteiger partial charge on any atom is -0.455 e. The summed E-state index contributed by atoms with van der Waals surface area (Å²) in [5.41, 5.74) is 1.88. The highest BCUT2D eigenvalue weighted by atomic mass is 79.9. The minimum atomic E-state index is -0.400. The molecule has 25 heavy (non-hydrogen) atoms. The predicted molar refractivity (Wildman–Crippen MR) is 92.1 cm³/mol. The number of carbonyl (C=O) groups is 1. The average molecular weight is 405 g/mol. The number of hydrogen-bond donors (Lipinski definition) is 0. The topological polar surface area (TPSA) is 65.2 Å². The fraction of sp³-hybridized carbons (Fsp3) is 0.167. The van der Waals surface area contributed by atoms with E-state index in [9.17, 15) is 9.18 Å². The highest BCUT2D eigenvalue weighted by Crippen LogP contribution is 2.19. The van der Waals surface area contributed by atoms with Gasteiger partial charge in [-0.05, 0) is 36.2 Å². The van der Waals surface area contributed by atoms with E-state index in [0.717, 1.165) is 10.0 Å². The normalized spacial score (nSPS) is 10.7. The second kappa shape index (κ2) is 7.57. The Morgan fingerprint density at radius 3 is 2.72 bits per heavy atom. The first kappa shape index (κ1) is 17.3. The molecule has 0 atom stereocenters. The number of aromatic nitrogens is 2. The molecule has 0 saturated carbocycles. The lowest BCUT2D eigenvalue weighted by molar-refractivity contribution is -0.144. The molecule has 0 saturated heterocycles. The van der Waals surface area contributed by atoms with Crippen LogP contribution < -0.4 is 0 Å². The largest absolute Gasteiger partial charge is 0.455 e. The Balaban J connectivity index is 1.58. The summed E-state index contributed by atoms with van der Waals surface area (Å²) in [7, 11) is 0. The Morgan fingerprint density at radius 1 is 1.24 bits per heavy atom. The maximum absolute atomic E-state index is 13.6. The van der Waals surface area contributed by atoms with Crippen LogP contribution >= 0.6 is 15.9 Å². The molecule has 0 bridgehead atoms. The van der Waals surface area contributed by atoms with Gasteiger partial charge in [0.1, 0.15) is 5.82 Å². The van der Waals surface area contributed by atoms with Gasteiger partial charge in [0.05, 0.1) is 6.42 Å². The molecule has 0 aliphatic rings. The Labute approximate surface area is 151 Å². The molecule has 0 spiro atoms.